The SMILES string of the molecule is COc1ccc(F)c(-c2nc(C(=O)Nc3cnccc3N3CCCC(N)C3)c(N)cc2F)c1F. The fraction of sp³-hybridized carbons (Fsp3) is 0.261. The van der Waals surface area contributed by atoms with Crippen LogP contribution in [0.1, 0.15) is 23.3 Å². The Kier molecular flexibility index (Phi) is 6.55. The highest BCUT2D eigenvalue weighted by molar-refractivity contribution is 6.08. The van der Waals surface area contributed by atoms with Gasteiger partial charge >= 0.3 is 0 Å². The number of hydrogen-bond donors (Lipinski definition) is 3. The number of carbonyl (C=O) groups excluding carboxylic acids is 1. The van der Waals surface area contributed by atoms with Crippen molar-refractivity contribution in [2.24, 2.45) is 5.73 Å². The van der Waals surface area contributed by atoms with Crippen molar-refractivity contribution in [2.45, 2.75) is 18.9 Å². The molecule has 8 nitrogen and oxygen atoms in total. The third kappa shape index (κ3) is 4.46. The zero-order valence-corrected chi connectivity index (χ0v) is 18.3. The lowest BCUT2D eigenvalue weighted by Crippen LogP contribution is -2.43. The minimum atomic E-state index is -1.15. The summed E-state index contributed by atoms with van der Waals surface area (Å²) in [5, 5.41) is 2.67. The molecule has 34 heavy (non-hydrogen) atoms. The van der Waals surface area contributed by atoms with Crippen molar-refractivity contribution >= 4 is 23.0 Å². The van der Waals surface area contributed by atoms with E-state index in [9.17, 15) is 18.0 Å². The summed E-state index contributed by atoms with van der Waals surface area (Å²) in [7, 11) is 1.19. The van der Waals surface area contributed by atoms with E-state index in [4.69, 9.17) is 16.2 Å². The molecule has 1 saturated heterocycles. The number of pyridine rings is 2. The van der Waals surface area contributed by atoms with Gasteiger partial charge in [-0.25, -0.2) is 18.2 Å². The second-order valence-corrected chi connectivity index (χ2v) is 7.89. The molecule has 2 aromatic heterocycles. The van der Waals surface area contributed by atoms with Gasteiger partial charge in [0.25, 0.3) is 5.91 Å². The Morgan fingerprint density at radius 3 is 2.76 bits per heavy atom. The average molecular weight is 472 g/mol. The molecule has 1 unspecified atom stereocenters. The Morgan fingerprint density at radius 2 is 2.03 bits per heavy atom. The summed E-state index contributed by atoms with van der Waals surface area (Å²) >= 11 is 0. The molecular formula is C23H23F3N6O2. The maximum Gasteiger partial charge on any atom is 0.276 e. The zero-order chi connectivity index (χ0) is 24.4. The Labute approximate surface area is 193 Å². The highest BCUT2D eigenvalue weighted by Gasteiger charge is 2.25. The standard InChI is InChI=1S/C23H23F3N6O2/c1-34-18-5-4-13(24)19(20(18)26)21-14(25)9-15(28)22(31-21)23(33)30-16-10-29-7-6-17(16)32-8-2-3-12(27)11-32/h4-7,9-10,12H,2-3,8,11,27-28H2,1H3,(H,30,33). The number of methoxy groups -OCH3 is 1. The minimum Gasteiger partial charge on any atom is -0.494 e. The van der Waals surface area contributed by atoms with Gasteiger partial charge in [0.1, 0.15) is 11.5 Å². The molecule has 1 fully saturated rings. The number of carbonyl (C=O) groups is 1. The number of anilines is 3. The van der Waals surface area contributed by atoms with Crippen LogP contribution in [0.3, 0.4) is 0 Å². The highest BCUT2D eigenvalue weighted by Crippen LogP contribution is 2.34. The number of ether oxygens (including phenoxy) is 1. The zero-order valence-electron chi connectivity index (χ0n) is 18.3. The van der Waals surface area contributed by atoms with Crippen LogP contribution in [0.4, 0.5) is 30.2 Å². The van der Waals surface area contributed by atoms with Gasteiger partial charge in [-0.1, -0.05) is 0 Å². The first-order chi connectivity index (χ1) is 16.3. The first-order valence-electron chi connectivity index (χ1n) is 10.5. The van der Waals surface area contributed by atoms with Crippen molar-refractivity contribution in [2.75, 3.05) is 36.1 Å². The molecule has 4 rings (SSSR count). The van der Waals surface area contributed by atoms with Crippen LogP contribution < -0.4 is 26.4 Å². The van der Waals surface area contributed by atoms with E-state index in [1.807, 2.05) is 4.90 Å². The number of aromatic nitrogens is 2. The first kappa shape index (κ1) is 23.3. The number of rotatable bonds is 5. The predicted molar refractivity (Wildman–Crippen MR) is 122 cm³/mol. The number of nitrogens with one attached hydrogen (secondary N) is 1. The van der Waals surface area contributed by atoms with E-state index >= 15 is 0 Å². The molecule has 1 amide bonds. The fourth-order valence-corrected chi connectivity index (χ4v) is 3.94. The average Bonchev–Trinajstić information content (AvgIpc) is 2.80. The van der Waals surface area contributed by atoms with Gasteiger partial charge < -0.3 is 26.4 Å². The first-order valence-corrected chi connectivity index (χ1v) is 10.5. The fourth-order valence-electron chi connectivity index (χ4n) is 3.94. The molecular weight excluding hydrogens is 449 g/mol. The predicted octanol–water partition coefficient (Wildman–Crippen LogP) is 3.33. The van der Waals surface area contributed by atoms with E-state index < -0.39 is 40.3 Å². The lowest BCUT2D eigenvalue weighted by Gasteiger charge is -2.33. The molecule has 0 bridgehead atoms. The lowest BCUT2D eigenvalue weighted by molar-refractivity contribution is 0.102. The molecule has 178 valence electrons. The van der Waals surface area contributed by atoms with Gasteiger partial charge in [0.15, 0.2) is 23.1 Å². The van der Waals surface area contributed by atoms with Crippen molar-refractivity contribution < 1.29 is 22.7 Å². The monoisotopic (exact) mass is 472 g/mol. The number of hydrogen-bond acceptors (Lipinski definition) is 7. The third-order valence-electron chi connectivity index (χ3n) is 5.58. The van der Waals surface area contributed by atoms with Crippen molar-refractivity contribution in [3.63, 3.8) is 0 Å². The van der Waals surface area contributed by atoms with Crippen LogP contribution >= 0.6 is 0 Å². The molecule has 1 atom stereocenters. The van der Waals surface area contributed by atoms with Crippen LogP contribution in [0.5, 0.6) is 5.75 Å². The molecule has 1 aromatic carbocycles. The minimum absolute atomic E-state index is 0.00454. The summed E-state index contributed by atoms with van der Waals surface area (Å²) in [5.74, 6) is -4.42. The molecule has 0 radical (unpaired) electrons. The summed E-state index contributed by atoms with van der Waals surface area (Å²) in [4.78, 5) is 23.0. The van der Waals surface area contributed by atoms with Crippen LogP contribution in [-0.2, 0) is 0 Å². The Balaban J connectivity index is 1.71. The molecule has 1 aliphatic heterocycles. The maximum atomic E-state index is 14.7. The molecule has 11 heteroatoms. The van der Waals surface area contributed by atoms with Crippen molar-refractivity contribution in [3.8, 4) is 17.0 Å². The molecule has 3 heterocycles. The summed E-state index contributed by atoms with van der Waals surface area (Å²) in [6.45, 7) is 1.35. The number of piperidine rings is 1. The van der Waals surface area contributed by atoms with Crippen LogP contribution in [-0.4, -0.2) is 42.1 Å². The van der Waals surface area contributed by atoms with Crippen LogP contribution in [0, 0.1) is 17.5 Å². The number of amides is 1. The number of halogens is 3. The number of nitrogens with two attached hydrogens (primary N) is 2. The van der Waals surface area contributed by atoms with E-state index in [2.05, 4.69) is 15.3 Å². The molecule has 0 aliphatic carbocycles. The smallest absolute Gasteiger partial charge is 0.276 e. The topological polar surface area (TPSA) is 119 Å². The second-order valence-electron chi connectivity index (χ2n) is 7.89. The molecule has 0 saturated carbocycles. The molecule has 5 N–H and O–H groups in total. The second kappa shape index (κ2) is 9.56. The molecule has 3 aromatic rings. The van der Waals surface area contributed by atoms with Gasteiger partial charge in [0.05, 0.1) is 35.9 Å². The van der Waals surface area contributed by atoms with E-state index in [-0.39, 0.29) is 17.5 Å². The van der Waals surface area contributed by atoms with Crippen LogP contribution in [0.15, 0.2) is 36.7 Å². The van der Waals surface area contributed by atoms with Crippen molar-refractivity contribution in [1.29, 1.82) is 0 Å². The van der Waals surface area contributed by atoms with Gasteiger partial charge in [0.2, 0.25) is 0 Å². The number of benzene rings is 1. The summed E-state index contributed by atoms with van der Waals surface area (Å²) in [5.41, 5.74) is 10.8. The van der Waals surface area contributed by atoms with E-state index in [0.29, 0.717) is 17.9 Å². The van der Waals surface area contributed by atoms with Gasteiger partial charge in [-0.2, -0.15) is 0 Å². The molecule has 1 aliphatic rings. The van der Waals surface area contributed by atoms with Crippen molar-refractivity contribution in [3.05, 3.63) is 59.8 Å². The van der Waals surface area contributed by atoms with Crippen LogP contribution in [0.2, 0.25) is 0 Å². The van der Waals surface area contributed by atoms with Gasteiger partial charge in [0, 0.05) is 31.4 Å². The number of nitrogens with zero attached hydrogens (tertiary/aromatic N) is 3. The number of nitrogen functional groups attached to an aromatic ring is 1. The van der Waals surface area contributed by atoms with Gasteiger partial charge in [-0.3, -0.25) is 9.78 Å². The Morgan fingerprint density at radius 1 is 1.24 bits per heavy atom. The van der Waals surface area contributed by atoms with E-state index in [1.165, 1.54) is 13.3 Å². The van der Waals surface area contributed by atoms with E-state index in [1.54, 1.807) is 12.3 Å². The normalized spacial score (nSPS) is 15.8. The Bertz CT molecular complexity index is 1240. The largest absolute Gasteiger partial charge is 0.494 e. The highest BCUT2D eigenvalue weighted by atomic mass is 19.1. The molecule has 0 spiro atoms. The Hall–Kier alpha value is -3.86. The third-order valence-corrected chi connectivity index (χ3v) is 5.58. The summed E-state index contributed by atoms with van der Waals surface area (Å²) in [6.07, 6.45) is 4.83. The van der Waals surface area contributed by atoms with Crippen LogP contribution in [0.25, 0.3) is 11.3 Å². The maximum absolute atomic E-state index is 14.7. The van der Waals surface area contributed by atoms with Gasteiger partial charge in [-0.15, -0.1) is 0 Å². The lowest BCUT2D eigenvalue weighted by atomic mass is 10.1. The van der Waals surface area contributed by atoms with Crippen molar-refractivity contribution in [1.82, 2.24) is 9.97 Å². The summed E-state index contributed by atoms with van der Waals surface area (Å²) < 4.78 is 48.7. The van der Waals surface area contributed by atoms with E-state index in [0.717, 1.165) is 37.6 Å². The van der Waals surface area contributed by atoms with Gasteiger partial charge in [-0.05, 0) is 31.0 Å². The summed E-state index contributed by atoms with van der Waals surface area (Å²) in [6, 6.07) is 4.51. The quantitative estimate of drug-likeness (QED) is 0.521.